The molecular weight excluding hydrogens is 277 g/mol. The number of esters is 1. The number of rotatable bonds is 7. The number of halogens is 1. The van der Waals surface area contributed by atoms with Crippen LogP contribution in [0.1, 0.15) is 20.8 Å². The van der Waals surface area contributed by atoms with Gasteiger partial charge in [0.2, 0.25) is 0 Å². The fraction of sp³-hybridized carbons (Fsp3) is 0.467. The van der Waals surface area contributed by atoms with Crippen molar-refractivity contribution >= 4 is 11.9 Å². The monoisotopic (exact) mass is 297 g/mol. The first kappa shape index (κ1) is 16.9. The molecule has 1 unspecified atom stereocenters. The molecule has 0 aliphatic carbocycles. The number of benzene rings is 1. The summed E-state index contributed by atoms with van der Waals surface area (Å²) in [6, 6.07) is 5.85. The molecule has 0 bridgehead atoms. The number of carbonyl (C=O) groups excluding carboxylic acids is 2. The number of ether oxygens (including phenoxy) is 2. The maximum Gasteiger partial charge on any atom is 0.325 e. The minimum Gasteiger partial charge on any atom is -0.478 e. The van der Waals surface area contributed by atoms with Crippen LogP contribution in [-0.2, 0) is 14.3 Å². The highest BCUT2D eigenvalue weighted by Gasteiger charge is 2.24. The van der Waals surface area contributed by atoms with Gasteiger partial charge in [0.05, 0.1) is 6.61 Å². The van der Waals surface area contributed by atoms with Gasteiger partial charge in [0.25, 0.3) is 5.91 Å². The predicted molar refractivity (Wildman–Crippen MR) is 75.4 cm³/mol. The van der Waals surface area contributed by atoms with Crippen LogP contribution in [-0.4, -0.2) is 42.6 Å². The molecule has 0 fully saturated rings. The van der Waals surface area contributed by atoms with Crippen LogP contribution >= 0.6 is 0 Å². The van der Waals surface area contributed by atoms with Gasteiger partial charge in [-0.1, -0.05) is 12.1 Å². The zero-order valence-corrected chi connectivity index (χ0v) is 12.5. The van der Waals surface area contributed by atoms with E-state index < -0.39 is 23.8 Å². The topological polar surface area (TPSA) is 55.8 Å². The molecule has 1 rings (SSSR count). The van der Waals surface area contributed by atoms with E-state index in [0.717, 1.165) is 0 Å². The quantitative estimate of drug-likeness (QED) is 0.722. The van der Waals surface area contributed by atoms with E-state index in [1.165, 1.54) is 30.0 Å². The number of nitrogens with zero attached hydrogens (tertiary/aromatic N) is 1. The van der Waals surface area contributed by atoms with E-state index in [2.05, 4.69) is 0 Å². The van der Waals surface area contributed by atoms with Crippen molar-refractivity contribution in [3.05, 3.63) is 30.1 Å². The van der Waals surface area contributed by atoms with Crippen molar-refractivity contribution in [2.75, 3.05) is 19.7 Å². The van der Waals surface area contributed by atoms with Crippen LogP contribution in [0.3, 0.4) is 0 Å². The van der Waals surface area contributed by atoms with E-state index in [1.54, 1.807) is 19.9 Å². The van der Waals surface area contributed by atoms with E-state index >= 15 is 0 Å². The van der Waals surface area contributed by atoms with Gasteiger partial charge in [-0.05, 0) is 32.9 Å². The van der Waals surface area contributed by atoms with E-state index in [4.69, 9.17) is 9.47 Å². The number of para-hydroxylation sites is 1. The lowest BCUT2D eigenvalue weighted by Gasteiger charge is -2.24. The number of likely N-dealkylation sites (N-methyl/N-ethyl adjacent to an activating group) is 1. The molecule has 0 N–H and O–H groups in total. The Hall–Kier alpha value is -2.11. The van der Waals surface area contributed by atoms with Crippen LogP contribution in [0.5, 0.6) is 5.75 Å². The molecule has 5 nitrogen and oxygen atoms in total. The molecule has 21 heavy (non-hydrogen) atoms. The zero-order valence-electron chi connectivity index (χ0n) is 12.5. The predicted octanol–water partition coefficient (Wildman–Crippen LogP) is 2.00. The first-order chi connectivity index (χ1) is 9.99. The average Bonchev–Trinajstić information content (AvgIpc) is 2.46. The standard InChI is InChI=1S/C15H20FNO4/c1-4-17(10-14(18)20-5-2)15(19)11(3)21-13-9-7-6-8-12(13)16/h6-9,11H,4-5,10H2,1-3H3. The lowest BCUT2D eigenvalue weighted by Crippen LogP contribution is -2.43. The smallest absolute Gasteiger partial charge is 0.325 e. The number of hydrogen-bond donors (Lipinski definition) is 0. The Morgan fingerprint density at radius 3 is 2.52 bits per heavy atom. The van der Waals surface area contributed by atoms with E-state index in [-0.39, 0.29) is 18.9 Å². The summed E-state index contributed by atoms with van der Waals surface area (Å²) in [7, 11) is 0. The molecule has 116 valence electrons. The molecule has 0 heterocycles. The van der Waals surface area contributed by atoms with Crippen molar-refractivity contribution in [2.45, 2.75) is 26.9 Å². The van der Waals surface area contributed by atoms with E-state index in [0.29, 0.717) is 6.54 Å². The van der Waals surface area contributed by atoms with Crippen LogP contribution in [0.2, 0.25) is 0 Å². The lowest BCUT2D eigenvalue weighted by atomic mass is 10.3. The minimum absolute atomic E-state index is 0.00513. The van der Waals surface area contributed by atoms with Gasteiger partial charge < -0.3 is 14.4 Å². The Morgan fingerprint density at radius 1 is 1.29 bits per heavy atom. The normalized spacial score (nSPS) is 11.6. The highest BCUT2D eigenvalue weighted by molar-refractivity contribution is 5.85. The molecule has 1 amide bonds. The second kappa shape index (κ2) is 8.24. The number of carbonyl (C=O) groups is 2. The highest BCUT2D eigenvalue weighted by Crippen LogP contribution is 2.17. The van der Waals surface area contributed by atoms with Gasteiger partial charge in [-0.25, -0.2) is 4.39 Å². The summed E-state index contributed by atoms with van der Waals surface area (Å²) in [6.07, 6.45) is -0.892. The Balaban J connectivity index is 2.67. The van der Waals surface area contributed by atoms with Gasteiger partial charge >= 0.3 is 5.97 Å². The SMILES string of the molecule is CCOC(=O)CN(CC)C(=O)C(C)Oc1ccccc1F. The molecule has 0 aliphatic rings. The van der Waals surface area contributed by atoms with Crippen molar-refractivity contribution in [2.24, 2.45) is 0 Å². The van der Waals surface area contributed by atoms with Gasteiger partial charge in [-0.15, -0.1) is 0 Å². The maximum absolute atomic E-state index is 13.5. The average molecular weight is 297 g/mol. The molecule has 1 atom stereocenters. The third-order valence-electron chi connectivity index (χ3n) is 2.81. The molecule has 0 spiro atoms. The first-order valence-corrected chi connectivity index (χ1v) is 6.85. The summed E-state index contributed by atoms with van der Waals surface area (Å²) in [5.41, 5.74) is 0. The second-order valence-corrected chi connectivity index (χ2v) is 4.35. The fourth-order valence-corrected chi connectivity index (χ4v) is 1.75. The molecular formula is C15H20FNO4. The van der Waals surface area contributed by atoms with E-state index in [1.807, 2.05) is 0 Å². The first-order valence-electron chi connectivity index (χ1n) is 6.85. The minimum atomic E-state index is -0.892. The molecule has 6 heteroatoms. The van der Waals surface area contributed by atoms with Gasteiger partial charge in [0, 0.05) is 6.54 Å². The van der Waals surface area contributed by atoms with Gasteiger partial charge in [-0.2, -0.15) is 0 Å². The summed E-state index contributed by atoms with van der Waals surface area (Å²) in [6.45, 7) is 5.40. The molecule has 1 aromatic rings. The molecule has 0 saturated heterocycles. The molecule has 0 aromatic heterocycles. The van der Waals surface area contributed by atoms with Crippen LogP contribution in [0.4, 0.5) is 4.39 Å². The lowest BCUT2D eigenvalue weighted by molar-refractivity contribution is -0.151. The van der Waals surface area contributed by atoms with Gasteiger partial charge in [0.15, 0.2) is 17.7 Å². The molecule has 0 radical (unpaired) electrons. The van der Waals surface area contributed by atoms with Crippen molar-refractivity contribution in [1.82, 2.24) is 4.90 Å². The van der Waals surface area contributed by atoms with Crippen LogP contribution in [0.15, 0.2) is 24.3 Å². The largest absolute Gasteiger partial charge is 0.478 e. The van der Waals surface area contributed by atoms with Crippen molar-refractivity contribution in [3.8, 4) is 5.75 Å². The number of hydrogen-bond acceptors (Lipinski definition) is 4. The Bertz CT molecular complexity index is 492. The summed E-state index contributed by atoms with van der Waals surface area (Å²) in [5.74, 6) is -1.41. The van der Waals surface area contributed by atoms with Crippen LogP contribution in [0, 0.1) is 5.82 Å². The summed E-state index contributed by atoms with van der Waals surface area (Å²) < 4.78 is 23.6. The van der Waals surface area contributed by atoms with Crippen LogP contribution < -0.4 is 4.74 Å². The van der Waals surface area contributed by atoms with Crippen molar-refractivity contribution in [1.29, 1.82) is 0 Å². The Kier molecular flexibility index (Phi) is 6.65. The van der Waals surface area contributed by atoms with Gasteiger partial charge in [0.1, 0.15) is 6.54 Å². The third kappa shape index (κ3) is 5.06. The van der Waals surface area contributed by atoms with Crippen molar-refractivity contribution < 1.29 is 23.5 Å². The summed E-state index contributed by atoms with van der Waals surface area (Å²) >= 11 is 0. The summed E-state index contributed by atoms with van der Waals surface area (Å²) in [5, 5.41) is 0. The Labute approximate surface area is 123 Å². The highest BCUT2D eigenvalue weighted by atomic mass is 19.1. The fourth-order valence-electron chi connectivity index (χ4n) is 1.75. The maximum atomic E-state index is 13.5. The Morgan fingerprint density at radius 2 is 1.95 bits per heavy atom. The van der Waals surface area contributed by atoms with E-state index in [9.17, 15) is 14.0 Å². The van der Waals surface area contributed by atoms with Crippen molar-refractivity contribution in [3.63, 3.8) is 0 Å². The molecule has 1 aromatic carbocycles. The molecule has 0 aliphatic heterocycles. The zero-order chi connectivity index (χ0) is 15.8. The van der Waals surface area contributed by atoms with Gasteiger partial charge in [-0.3, -0.25) is 9.59 Å². The third-order valence-corrected chi connectivity index (χ3v) is 2.81. The number of amides is 1. The van der Waals surface area contributed by atoms with Crippen LogP contribution in [0.25, 0.3) is 0 Å². The summed E-state index contributed by atoms with van der Waals surface area (Å²) in [4.78, 5) is 24.9. The molecule has 0 saturated carbocycles. The second-order valence-electron chi connectivity index (χ2n) is 4.35.